The molecule has 4 heterocycles. The van der Waals surface area contributed by atoms with Gasteiger partial charge < -0.3 is 25.8 Å². The molecule has 5 rings (SSSR count). The molecule has 1 amide bonds. The van der Waals surface area contributed by atoms with Crippen LogP contribution in [-0.4, -0.2) is 71.3 Å². The van der Waals surface area contributed by atoms with Crippen LogP contribution in [0.5, 0.6) is 0 Å². The molecule has 10 heteroatoms. The molecule has 0 atom stereocenters. The number of amides is 1. The Balaban J connectivity index is 1.47. The van der Waals surface area contributed by atoms with E-state index in [1.165, 1.54) is 11.1 Å². The summed E-state index contributed by atoms with van der Waals surface area (Å²) in [6.07, 6.45) is 6.00. The molecule has 0 unspecified atom stereocenters. The summed E-state index contributed by atoms with van der Waals surface area (Å²) in [5, 5.41) is 6.87. The zero-order valence-electron chi connectivity index (χ0n) is 21.8. The van der Waals surface area contributed by atoms with Gasteiger partial charge in [0.05, 0.1) is 13.2 Å². The van der Waals surface area contributed by atoms with Crippen LogP contribution in [0.1, 0.15) is 41.4 Å². The predicted octanol–water partition coefficient (Wildman–Crippen LogP) is 3.37. The van der Waals surface area contributed by atoms with E-state index in [-0.39, 0.29) is 11.7 Å². The molecule has 3 aromatic rings. The van der Waals surface area contributed by atoms with Gasteiger partial charge in [0.15, 0.2) is 17.3 Å². The normalized spacial score (nSPS) is 16.8. The number of primary amides is 1. The van der Waals surface area contributed by atoms with Crippen LogP contribution in [0, 0.1) is 0 Å². The first-order valence-corrected chi connectivity index (χ1v) is 13.3. The second-order valence-electron chi connectivity index (χ2n) is 9.60. The van der Waals surface area contributed by atoms with Gasteiger partial charge in [-0.1, -0.05) is 13.0 Å². The summed E-state index contributed by atoms with van der Waals surface area (Å²) in [7, 11) is 0. The van der Waals surface area contributed by atoms with Crippen molar-refractivity contribution in [3.05, 3.63) is 59.5 Å². The van der Waals surface area contributed by atoms with Crippen molar-refractivity contribution in [2.45, 2.75) is 38.8 Å². The van der Waals surface area contributed by atoms with Crippen molar-refractivity contribution in [1.82, 2.24) is 19.9 Å². The second kappa shape index (κ2) is 12.3. The Morgan fingerprint density at radius 3 is 2.45 bits per heavy atom. The molecule has 0 aliphatic carbocycles. The number of rotatable bonds is 9. The van der Waals surface area contributed by atoms with Gasteiger partial charge in [-0.2, -0.15) is 0 Å². The standard InChI is InChI=1S/C28H35N7O3/c1-2-19-17-23(4-3-21(19)18-35-11-15-38-16-12-35)32-28-25(26(29)36)33-24(20-5-9-30-10-6-20)27(34-28)31-22-7-13-37-14-8-22/h3-6,9-10,17,22H,2,7-8,11-16,18H2,1H3,(H2,29,36)(H2,31,32,34). The largest absolute Gasteiger partial charge is 0.381 e. The van der Waals surface area contributed by atoms with E-state index in [1.807, 2.05) is 18.2 Å². The number of hydrogen-bond donors (Lipinski definition) is 3. The average molecular weight is 518 g/mol. The molecule has 0 spiro atoms. The highest BCUT2D eigenvalue weighted by Gasteiger charge is 2.22. The molecular formula is C28H35N7O3. The molecule has 0 bridgehead atoms. The van der Waals surface area contributed by atoms with Crippen LogP contribution in [0.2, 0.25) is 0 Å². The summed E-state index contributed by atoms with van der Waals surface area (Å²) in [5.74, 6) is 0.274. The summed E-state index contributed by atoms with van der Waals surface area (Å²) >= 11 is 0. The van der Waals surface area contributed by atoms with Crippen molar-refractivity contribution in [3.8, 4) is 11.3 Å². The fraction of sp³-hybridized carbons (Fsp3) is 0.429. The number of carbonyl (C=O) groups is 1. The number of carbonyl (C=O) groups excluding carboxylic acids is 1. The average Bonchev–Trinajstić information content (AvgIpc) is 2.95. The maximum absolute atomic E-state index is 12.5. The van der Waals surface area contributed by atoms with Crippen molar-refractivity contribution >= 4 is 23.2 Å². The van der Waals surface area contributed by atoms with Crippen molar-refractivity contribution in [2.24, 2.45) is 5.73 Å². The zero-order chi connectivity index (χ0) is 26.3. The van der Waals surface area contributed by atoms with Gasteiger partial charge in [0.2, 0.25) is 0 Å². The lowest BCUT2D eigenvalue weighted by atomic mass is 10.0. The van der Waals surface area contributed by atoms with Gasteiger partial charge in [-0.15, -0.1) is 0 Å². The topological polar surface area (TPSA) is 128 Å². The van der Waals surface area contributed by atoms with Gasteiger partial charge in [-0.25, -0.2) is 9.97 Å². The minimum atomic E-state index is -0.646. The number of morpholine rings is 1. The molecule has 1 aromatic carbocycles. The SMILES string of the molecule is CCc1cc(Nc2nc(NC3CCOCC3)c(-c3ccncc3)nc2C(N)=O)ccc1CN1CCOCC1. The third-order valence-corrected chi connectivity index (χ3v) is 6.99. The summed E-state index contributed by atoms with van der Waals surface area (Å²) in [6, 6.07) is 10.2. The molecule has 0 saturated carbocycles. The van der Waals surface area contributed by atoms with Crippen LogP contribution in [0.3, 0.4) is 0 Å². The van der Waals surface area contributed by atoms with Gasteiger partial charge in [0, 0.05) is 62.5 Å². The number of nitrogens with one attached hydrogen (secondary N) is 2. The highest BCUT2D eigenvalue weighted by atomic mass is 16.5. The fourth-order valence-electron chi connectivity index (χ4n) is 4.87. The molecular weight excluding hydrogens is 482 g/mol. The quantitative estimate of drug-likeness (QED) is 0.391. The Labute approximate surface area is 223 Å². The van der Waals surface area contributed by atoms with E-state index < -0.39 is 5.91 Å². The van der Waals surface area contributed by atoms with Crippen LogP contribution in [-0.2, 0) is 22.4 Å². The third kappa shape index (κ3) is 6.27. The fourth-order valence-corrected chi connectivity index (χ4v) is 4.87. The molecule has 200 valence electrons. The monoisotopic (exact) mass is 517 g/mol. The summed E-state index contributed by atoms with van der Waals surface area (Å²) in [4.78, 5) is 28.6. The highest BCUT2D eigenvalue weighted by Crippen LogP contribution is 2.31. The number of pyridine rings is 1. The summed E-state index contributed by atoms with van der Waals surface area (Å²) in [5.41, 5.74) is 10.6. The number of benzene rings is 1. The lowest BCUT2D eigenvalue weighted by Crippen LogP contribution is -2.35. The maximum Gasteiger partial charge on any atom is 0.271 e. The molecule has 2 fully saturated rings. The first kappa shape index (κ1) is 26.0. The second-order valence-corrected chi connectivity index (χ2v) is 9.60. The van der Waals surface area contributed by atoms with Crippen LogP contribution in [0.4, 0.5) is 17.3 Å². The van der Waals surface area contributed by atoms with E-state index in [1.54, 1.807) is 12.4 Å². The number of nitrogens with two attached hydrogens (primary N) is 1. The van der Waals surface area contributed by atoms with E-state index in [0.717, 1.165) is 63.4 Å². The van der Waals surface area contributed by atoms with Crippen molar-refractivity contribution in [3.63, 3.8) is 0 Å². The van der Waals surface area contributed by atoms with Gasteiger partial charge in [0.1, 0.15) is 5.69 Å². The van der Waals surface area contributed by atoms with Crippen molar-refractivity contribution < 1.29 is 14.3 Å². The zero-order valence-corrected chi connectivity index (χ0v) is 21.8. The Morgan fingerprint density at radius 2 is 1.74 bits per heavy atom. The Hall–Kier alpha value is -3.60. The molecule has 0 radical (unpaired) electrons. The van der Waals surface area contributed by atoms with Crippen LogP contribution in [0.15, 0.2) is 42.7 Å². The van der Waals surface area contributed by atoms with Gasteiger partial charge in [0.25, 0.3) is 5.91 Å². The first-order chi connectivity index (χ1) is 18.6. The minimum Gasteiger partial charge on any atom is -0.381 e. The van der Waals surface area contributed by atoms with Crippen LogP contribution >= 0.6 is 0 Å². The molecule has 2 saturated heterocycles. The van der Waals surface area contributed by atoms with Crippen molar-refractivity contribution in [1.29, 1.82) is 0 Å². The van der Waals surface area contributed by atoms with E-state index in [9.17, 15) is 4.79 Å². The lowest BCUT2D eigenvalue weighted by molar-refractivity contribution is 0.0341. The highest BCUT2D eigenvalue weighted by molar-refractivity contribution is 5.97. The summed E-state index contributed by atoms with van der Waals surface area (Å²) in [6.45, 7) is 7.84. The minimum absolute atomic E-state index is 0.0878. The first-order valence-electron chi connectivity index (χ1n) is 13.3. The van der Waals surface area contributed by atoms with Crippen LogP contribution < -0.4 is 16.4 Å². The number of ether oxygens (including phenoxy) is 2. The molecule has 4 N–H and O–H groups in total. The lowest BCUT2D eigenvalue weighted by Gasteiger charge is -2.27. The van der Waals surface area contributed by atoms with E-state index in [2.05, 4.69) is 39.6 Å². The Morgan fingerprint density at radius 1 is 1.00 bits per heavy atom. The van der Waals surface area contributed by atoms with E-state index in [4.69, 9.17) is 25.2 Å². The molecule has 10 nitrogen and oxygen atoms in total. The third-order valence-electron chi connectivity index (χ3n) is 6.99. The molecule has 2 aliphatic heterocycles. The Bertz CT molecular complexity index is 1240. The van der Waals surface area contributed by atoms with Gasteiger partial charge >= 0.3 is 0 Å². The smallest absolute Gasteiger partial charge is 0.271 e. The number of anilines is 3. The van der Waals surface area contributed by atoms with Crippen LogP contribution in [0.25, 0.3) is 11.3 Å². The molecule has 38 heavy (non-hydrogen) atoms. The molecule has 2 aliphatic rings. The predicted molar refractivity (Wildman–Crippen MR) is 146 cm³/mol. The number of aryl methyl sites for hydroxylation is 1. The summed E-state index contributed by atoms with van der Waals surface area (Å²) < 4.78 is 11.0. The van der Waals surface area contributed by atoms with E-state index in [0.29, 0.717) is 30.5 Å². The van der Waals surface area contributed by atoms with E-state index >= 15 is 0 Å². The Kier molecular flexibility index (Phi) is 8.42. The van der Waals surface area contributed by atoms with Gasteiger partial charge in [-0.05, 0) is 54.7 Å². The number of hydrogen-bond acceptors (Lipinski definition) is 9. The maximum atomic E-state index is 12.5. The number of nitrogens with zero attached hydrogens (tertiary/aromatic N) is 4. The molecule has 2 aromatic heterocycles. The number of aromatic nitrogens is 3. The van der Waals surface area contributed by atoms with Crippen molar-refractivity contribution in [2.75, 3.05) is 50.2 Å². The van der Waals surface area contributed by atoms with Gasteiger partial charge in [-0.3, -0.25) is 14.7 Å².